The Labute approximate surface area is 226 Å². The smallest absolute Gasteiger partial charge is 0.408 e. The molecule has 0 aliphatic rings. The molecule has 7 heteroatoms. The van der Waals surface area contributed by atoms with Crippen LogP contribution >= 0.6 is 0 Å². The van der Waals surface area contributed by atoms with Crippen molar-refractivity contribution in [2.45, 2.75) is 65.3 Å². The lowest BCUT2D eigenvalue weighted by molar-refractivity contribution is -0.142. The van der Waals surface area contributed by atoms with Gasteiger partial charge in [0.2, 0.25) is 11.8 Å². The first-order chi connectivity index (χ1) is 18.0. The van der Waals surface area contributed by atoms with E-state index in [1.54, 1.807) is 51.1 Å². The summed E-state index contributed by atoms with van der Waals surface area (Å²) in [6, 6.07) is 14.5. The number of nitrogens with one attached hydrogen (secondary N) is 2. The Balaban J connectivity index is 2.49. The summed E-state index contributed by atoms with van der Waals surface area (Å²) in [6.07, 6.45) is 6.97. The third-order valence-corrected chi connectivity index (χ3v) is 5.59. The van der Waals surface area contributed by atoms with E-state index in [1.165, 1.54) is 4.90 Å². The highest BCUT2D eigenvalue weighted by Crippen LogP contribution is 2.26. The number of carbonyl (C=O) groups excluding carboxylic acids is 3. The molecule has 0 spiro atoms. The first-order valence-corrected chi connectivity index (χ1v) is 12.7. The molecule has 0 saturated heterocycles. The number of rotatable bonds is 11. The molecule has 7 nitrogen and oxygen atoms in total. The molecule has 0 radical (unpaired) electrons. The summed E-state index contributed by atoms with van der Waals surface area (Å²) in [5, 5.41) is 5.66. The fourth-order valence-electron chi connectivity index (χ4n) is 4.00. The number of nitrogens with zero attached hydrogens (tertiary/aromatic N) is 1. The normalized spacial score (nSPS) is 12.6. The SMILES string of the molecule is C#Cc1ccccc1C(C(=O)NCc1ccccc1)N(CC=C)C(=O)C(CC(C)C)NC(=O)OC(C)(C)C. The van der Waals surface area contributed by atoms with Gasteiger partial charge in [0.1, 0.15) is 17.7 Å². The molecule has 0 aliphatic carbocycles. The van der Waals surface area contributed by atoms with Crippen LogP contribution in [0.25, 0.3) is 0 Å². The van der Waals surface area contributed by atoms with E-state index in [1.807, 2.05) is 44.2 Å². The van der Waals surface area contributed by atoms with Crippen LogP contribution in [0, 0.1) is 18.3 Å². The minimum atomic E-state index is -1.05. The molecule has 3 amide bonds. The van der Waals surface area contributed by atoms with E-state index in [2.05, 4.69) is 23.1 Å². The van der Waals surface area contributed by atoms with E-state index in [9.17, 15) is 14.4 Å². The fraction of sp³-hybridized carbons (Fsp3) is 0.387. The molecule has 0 saturated carbocycles. The largest absolute Gasteiger partial charge is 0.444 e. The predicted octanol–water partition coefficient (Wildman–Crippen LogP) is 4.98. The minimum Gasteiger partial charge on any atom is -0.444 e. The lowest BCUT2D eigenvalue weighted by Crippen LogP contribution is -2.53. The third-order valence-electron chi connectivity index (χ3n) is 5.59. The number of carbonyl (C=O) groups is 3. The number of terminal acetylenes is 1. The summed E-state index contributed by atoms with van der Waals surface area (Å²) in [4.78, 5) is 41.8. The molecule has 2 rings (SSSR count). The van der Waals surface area contributed by atoms with Crippen molar-refractivity contribution in [1.29, 1.82) is 0 Å². The van der Waals surface area contributed by atoms with Gasteiger partial charge in [-0.1, -0.05) is 74.4 Å². The van der Waals surface area contributed by atoms with Gasteiger partial charge in [0, 0.05) is 18.7 Å². The van der Waals surface area contributed by atoms with Crippen LogP contribution in [0.1, 0.15) is 63.8 Å². The monoisotopic (exact) mass is 517 g/mol. The van der Waals surface area contributed by atoms with Gasteiger partial charge in [-0.05, 0) is 50.3 Å². The molecule has 38 heavy (non-hydrogen) atoms. The number of alkyl carbamates (subject to hydrolysis) is 1. The molecule has 2 atom stereocenters. The Morgan fingerprint density at radius 2 is 1.71 bits per heavy atom. The zero-order chi connectivity index (χ0) is 28.3. The molecule has 0 bridgehead atoms. The van der Waals surface area contributed by atoms with E-state index < -0.39 is 35.6 Å². The minimum absolute atomic E-state index is 0.0613. The van der Waals surface area contributed by atoms with Crippen LogP contribution in [0.5, 0.6) is 0 Å². The average Bonchev–Trinajstić information content (AvgIpc) is 2.86. The number of amides is 3. The van der Waals surface area contributed by atoms with E-state index in [0.717, 1.165) is 5.56 Å². The van der Waals surface area contributed by atoms with E-state index in [4.69, 9.17) is 11.2 Å². The number of hydrogen-bond acceptors (Lipinski definition) is 4. The van der Waals surface area contributed by atoms with Gasteiger partial charge in [-0.3, -0.25) is 9.59 Å². The lowest BCUT2D eigenvalue weighted by Gasteiger charge is -2.34. The van der Waals surface area contributed by atoms with Gasteiger partial charge in [0.05, 0.1) is 0 Å². The maximum absolute atomic E-state index is 14.0. The maximum Gasteiger partial charge on any atom is 0.408 e. The predicted molar refractivity (Wildman–Crippen MR) is 150 cm³/mol. The van der Waals surface area contributed by atoms with Crippen LogP contribution in [0.3, 0.4) is 0 Å². The Morgan fingerprint density at radius 1 is 1.08 bits per heavy atom. The molecule has 202 valence electrons. The summed E-state index contributed by atoms with van der Waals surface area (Å²) >= 11 is 0. The van der Waals surface area contributed by atoms with Gasteiger partial charge in [-0.2, -0.15) is 0 Å². The van der Waals surface area contributed by atoms with Gasteiger partial charge in [0.15, 0.2) is 0 Å². The Morgan fingerprint density at radius 3 is 2.29 bits per heavy atom. The number of ether oxygens (including phenoxy) is 1. The third kappa shape index (κ3) is 9.11. The molecule has 2 aromatic carbocycles. The standard InChI is InChI=1S/C31H39N3O4/c1-8-19-34(29(36)26(20-22(3)4)33-30(37)38-31(5,6)7)27(25-18-14-13-17-24(25)9-2)28(35)32-21-23-15-11-10-12-16-23/h2,8,10-18,22,26-27H,1,19-21H2,3-7H3,(H,32,35)(H,33,37). The Bertz CT molecular complexity index is 1150. The van der Waals surface area contributed by atoms with Gasteiger partial charge < -0.3 is 20.3 Å². The van der Waals surface area contributed by atoms with Gasteiger partial charge in [0.25, 0.3) is 0 Å². The van der Waals surface area contributed by atoms with Crippen molar-refractivity contribution >= 4 is 17.9 Å². The molecule has 0 aliphatic heterocycles. The first-order valence-electron chi connectivity index (χ1n) is 12.7. The van der Waals surface area contributed by atoms with Crippen LogP contribution in [0.2, 0.25) is 0 Å². The second-order valence-electron chi connectivity index (χ2n) is 10.4. The second kappa shape index (κ2) is 14.0. The van der Waals surface area contributed by atoms with Crippen molar-refractivity contribution in [3.63, 3.8) is 0 Å². The van der Waals surface area contributed by atoms with Crippen LogP contribution in [0.4, 0.5) is 4.79 Å². The Kier molecular flexibility index (Phi) is 11.1. The molecular formula is C31H39N3O4. The number of hydrogen-bond donors (Lipinski definition) is 2. The molecule has 2 aromatic rings. The molecule has 0 fully saturated rings. The van der Waals surface area contributed by atoms with Crippen molar-refractivity contribution in [2.24, 2.45) is 5.92 Å². The Hall–Kier alpha value is -4.05. The molecule has 0 heterocycles. The summed E-state index contributed by atoms with van der Waals surface area (Å²) in [6.45, 7) is 13.3. The topological polar surface area (TPSA) is 87.7 Å². The van der Waals surface area contributed by atoms with Crippen LogP contribution < -0.4 is 10.6 Å². The lowest BCUT2D eigenvalue weighted by atomic mass is 9.96. The van der Waals surface area contributed by atoms with Crippen LogP contribution in [0.15, 0.2) is 67.3 Å². The van der Waals surface area contributed by atoms with Crippen molar-refractivity contribution in [3.8, 4) is 12.3 Å². The first kappa shape index (κ1) is 30.2. The summed E-state index contributed by atoms with van der Waals surface area (Å²) in [5.74, 6) is 1.87. The van der Waals surface area contributed by atoms with Crippen molar-refractivity contribution < 1.29 is 19.1 Å². The summed E-state index contributed by atoms with van der Waals surface area (Å²) in [7, 11) is 0. The van der Waals surface area contributed by atoms with Gasteiger partial charge in [-0.25, -0.2) is 4.79 Å². The van der Waals surface area contributed by atoms with Crippen molar-refractivity contribution in [2.75, 3.05) is 6.54 Å². The van der Waals surface area contributed by atoms with Crippen LogP contribution in [-0.2, 0) is 20.9 Å². The van der Waals surface area contributed by atoms with Crippen molar-refractivity contribution in [1.82, 2.24) is 15.5 Å². The highest BCUT2D eigenvalue weighted by Gasteiger charge is 2.36. The zero-order valence-electron chi connectivity index (χ0n) is 23.0. The fourth-order valence-corrected chi connectivity index (χ4v) is 4.00. The maximum atomic E-state index is 14.0. The number of benzene rings is 2. The average molecular weight is 518 g/mol. The van der Waals surface area contributed by atoms with E-state index in [-0.39, 0.29) is 19.0 Å². The molecule has 0 aromatic heterocycles. The van der Waals surface area contributed by atoms with E-state index in [0.29, 0.717) is 17.5 Å². The second-order valence-corrected chi connectivity index (χ2v) is 10.4. The molecule has 2 N–H and O–H groups in total. The zero-order valence-corrected chi connectivity index (χ0v) is 23.0. The summed E-state index contributed by atoms with van der Waals surface area (Å²) in [5.41, 5.74) is 1.18. The highest BCUT2D eigenvalue weighted by atomic mass is 16.6. The molecular weight excluding hydrogens is 478 g/mol. The van der Waals surface area contributed by atoms with Crippen LogP contribution in [-0.4, -0.2) is 41.0 Å². The van der Waals surface area contributed by atoms with Gasteiger partial charge in [-0.15, -0.1) is 13.0 Å². The quantitative estimate of drug-likeness (QED) is 0.325. The summed E-state index contributed by atoms with van der Waals surface area (Å²) < 4.78 is 5.41. The van der Waals surface area contributed by atoms with Crippen molar-refractivity contribution in [3.05, 3.63) is 83.9 Å². The molecule has 2 unspecified atom stereocenters. The van der Waals surface area contributed by atoms with E-state index >= 15 is 0 Å². The highest BCUT2D eigenvalue weighted by molar-refractivity contribution is 5.92. The van der Waals surface area contributed by atoms with Gasteiger partial charge >= 0.3 is 6.09 Å².